The highest BCUT2D eigenvalue weighted by atomic mass is 79.9. The second-order valence-corrected chi connectivity index (χ2v) is 4.65. The van der Waals surface area contributed by atoms with E-state index in [1.807, 2.05) is 11.9 Å². The van der Waals surface area contributed by atoms with Crippen LogP contribution >= 0.6 is 15.9 Å². The van der Waals surface area contributed by atoms with E-state index in [9.17, 15) is 4.79 Å². The number of hydrogen-bond donors (Lipinski definition) is 1. The molecule has 92 valence electrons. The number of aromatic nitrogens is 4. The second kappa shape index (κ2) is 4.48. The van der Waals surface area contributed by atoms with Gasteiger partial charge in [-0.25, -0.2) is 19.3 Å². The molecule has 0 radical (unpaired) electrons. The standard InChI is InChI=1S/C10H14BrN5O/c1-6(5-11)15(3)8-4-9-13-14-10(17)16(9)7(2)12-8/h4,6H,5H2,1-3H3,(H,14,17). The summed E-state index contributed by atoms with van der Waals surface area (Å²) in [5, 5.41) is 7.22. The van der Waals surface area contributed by atoms with Gasteiger partial charge in [-0.2, -0.15) is 5.10 Å². The van der Waals surface area contributed by atoms with Crippen molar-refractivity contribution in [2.75, 3.05) is 17.3 Å². The zero-order chi connectivity index (χ0) is 12.6. The van der Waals surface area contributed by atoms with E-state index < -0.39 is 0 Å². The average Bonchev–Trinajstić information content (AvgIpc) is 2.69. The van der Waals surface area contributed by atoms with Crippen LogP contribution in [0.3, 0.4) is 0 Å². The van der Waals surface area contributed by atoms with Crippen molar-refractivity contribution in [3.63, 3.8) is 0 Å². The summed E-state index contributed by atoms with van der Waals surface area (Å²) in [6, 6.07) is 2.11. The predicted octanol–water partition coefficient (Wildman–Crippen LogP) is 0.946. The van der Waals surface area contributed by atoms with Gasteiger partial charge in [0.1, 0.15) is 11.6 Å². The summed E-state index contributed by atoms with van der Waals surface area (Å²) >= 11 is 3.44. The zero-order valence-electron chi connectivity index (χ0n) is 9.94. The fourth-order valence-electron chi connectivity index (χ4n) is 1.59. The molecule has 6 nitrogen and oxygen atoms in total. The summed E-state index contributed by atoms with van der Waals surface area (Å²) in [6.07, 6.45) is 0. The largest absolute Gasteiger partial charge is 0.356 e. The lowest BCUT2D eigenvalue weighted by Crippen LogP contribution is -2.31. The number of aryl methyl sites for hydroxylation is 1. The number of H-pyrrole nitrogens is 1. The topological polar surface area (TPSA) is 66.3 Å². The number of alkyl halides is 1. The lowest BCUT2D eigenvalue weighted by atomic mass is 10.3. The number of nitrogens with one attached hydrogen (secondary N) is 1. The van der Waals surface area contributed by atoms with Gasteiger partial charge in [0.2, 0.25) is 0 Å². The first kappa shape index (κ1) is 12.1. The summed E-state index contributed by atoms with van der Waals surface area (Å²) in [7, 11) is 1.97. The van der Waals surface area contributed by atoms with Gasteiger partial charge in [0, 0.05) is 24.5 Å². The van der Waals surface area contributed by atoms with Crippen LogP contribution in [-0.2, 0) is 0 Å². The first-order chi connectivity index (χ1) is 8.04. The van der Waals surface area contributed by atoms with E-state index in [4.69, 9.17) is 0 Å². The molecule has 1 unspecified atom stereocenters. The number of nitrogens with zero attached hydrogens (tertiary/aromatic N) is 4. The fourth-order valence-corrected chi connectivity index (χ4v) is 2.03. The molecular weight excluding hydrogens is 286 g/mol. The van der Waals surface area contributed by atoms with Crippen LogP contribution in [0.1, 0.15) is 12.7 Å². The van der Waals surface area contributed by atoms with Gasteiger partial charge in [-0.15, -0.1) is 0 Å². The minimum Gasteiger partial charge on any atom is -0.356 e. The highest BCUT2D eigenvalue weighted by Crippen LogP contribution is 2.15. The Hall–Kier alpha value is -1.37. The van der Waals surface area contributed by atoms with Crippen molar-refractivity contribution < 1.29 is 0 Å². The smallest absolute Gasteiger partial charge is 0.349 e. The summed E-state index contributed by atoms with van der Waals surface area (Å²) in [4.78, 5) is 17.9. The van der Waals surface area contributed by atoms with Gasteiger partial charge in [-0.05, 0) is 13.8 Å². The molecule has 0 amide bonds. The van der Waals surface area contributed by atoms with Crippen molar-refractivity contribution in [1.82, 2.24) is 19.6 Å². The predicted molar refractivity (Wildman–Crippen MR) is 70.0 cm³/mol. The van der Waals surface area contributed by atoms with E-state index in [-0.39, 0.29) is 5.69 Å². The number of anilines is 1. The molecule has 0 aromatic carbocycles. The monoisotopic (exact) mass is 299 g/mol. The first-order valence-corrected chi connectivity index (χ1v) is 6.40. The quantitative estimate of drug-likeness (QED) is 0.857. The van der Waals surface area contributed by atoms with E-state index in [1.165, 1.54) is 4.40 Å². The van der Waals surface area contributed by atoms with Crippen molar-refractivity contribution in [1.29, 1.82) is 0 Å². The Morgan fingerprint density at radius 2 is 2.35 bits per heavy atom. The second-order valence-electron chi connectivity index (χ2n) is 4.00. The Labute approximate surface area is 107 Å². The summed E-state index contributed by atoms with van der Waals surface area (Å²) in [5.41, 5.74) is 0.332. The van der Waals surface area contributed by atoms with Crippen molar-refractivity contribution >= 4 is 27.4 Å². The number of aromatic amines is 1. The van der Waals surface area contributed by atoms with Crippen molar-refractivity contribution in [3.05, 3.63) is 22.4 Å². The maximum Gasteiger partial charge on any atom is 0.349 e. The first-order valence-electron chi connectivity index (χ1n) is 5.28. The zero-order valence-corrected chi connectivity index (χ0v) is 11.5. The molecule has 17 heavy (non-hydrogen) atoms. The molecule has 1 N–H and O–H groups in total. The Kier molecular flexibility index (Phi) is 3.19. The van der Waals surface area contributed by atoms with Gasteiger partial charge in [-0.1, -0.05) is 15.9 Å². The molecule has 0 saturated carbocycles. The molecule has 0 bridgehead atoms. The molecule has 0 fully saturated rings. The summed E-state index contributed by atoms with van der Waals surface area (Å²) < 4.78 is 1.45. The lowest BCUT2D eigenvalue weighted by molar-refractivity contribution is 0.750. The molecule has 1 atom stereocenters. The minimum atomic E-state index is -0.257. The Morgan fingerprint density at radius 1 is 1.65 bits per heavy atom. The molecule has 2 aromatic heterocycles. The van der Waals surface area contributed by atoms with Crippen LogP contribution in [0.15, 0.2) is 10.9 Å². The molecule has 0 saturated heterocycles. The van der Waals surface area contributed by atoms with Gasteiger partial charge < -0.3 is 4.90 Å². The molecule has 0 aliphatic heterocycles. The van der Waals surface area contributed by atoms with Crippen LogP contribution in [0.5, 0.6) is 0 Å². The molecule has 7 heteroatoms. The van der Waals surface area contributed by atoms with Gasteiger partial charge >= 0.3 is 5.69 Å². The average molecular weight is 300 g/mol. The van der Waals surface area contributed by atoms with Gasteiger partial charge in [0.05, 0.1) is 0 Å². The molecule has 2 heterocycles. The highest BCUT2D eigenvalue weighted by Gasteiger charge is 2.13. The van der Waals surface area contributed by atoms with Gasteiger partial charge in [0.25, 0.3) is 0 Å². The molecule has 0 aliphatic carbocycles. The molecular formula is C10H14BrN5O. The number of halogens is 1. The van der Waals surface area contributed by atoms with Crippen LogP contribution in [0.2, 0.25) is 0 Å². The third kappa shape index (κ3) is 2.06. The van der Waals surface area contributed by atoms with E-state index in [0.29, 0.717) is 17.5 Å². The van der Waals surface area contributed by atoms with Gasteiger partial charge in [-0.3, -0.25) is 0 Å². The maximum absolute atomic E-state index is 11.5. The number of rotatable bonds is 3. The maximum atomic E-state index is 11.5. The van der Waals surface area contributed by atoms with E-state index in [1.54, 1.807) is 13.0 Å². The van der Waals surface area contributed by atoms with Crippen molar-refractivity contribution in [2.45, 2.75) is 19.9 Å². The van der Waals surface area contributed by atoms with E-state index in [0.717, 1.165) is 11.1 Å². The van der Waals surface area contributed by atoms with Crippen LogP contribution in [0.25, 0.3) is 5.65 Å². The molecule has 0 aliphatic rings. The summed E-state index contributed by atoms with van der Waals surface area (Å²) in [5.74, 6) is 1.44. The number of fused-ring (bicyclic) bond motifs is 1. The molecule has 2 aromatic rings. The van der Waals surface area contributed by atoms with Crippen molar-refractivity contribution in [3.8, 4) is 0 Å². The Bertz CT molecular complexity index is 590. The SMILES string of the molecule is Cc1nc(N(C)C(C)CBr)cc2n[nH]c(=O)n12. The summed E-state index contributed by atoms with van der Waals surface area (Å²) in [6.45, 7) is 3.88. The van der Waals surface area contributed by atoms with Crippen LogP contribution in [0, 0.1) is 6.92 Å². The Balaban J connectivity index is 2.54. The Morgan fingerprint density at radius 3 is 3.00 bits per heavy atom. The normalized spacial score (nSPS) is 12.9. The molecule has 0 spiro atoms. The van der Waals surface area contributed by atoms with Crippen LogP contribution < -0.4 is 10.6 Å². The highest BCUT2D eigenvalue weighted by molar-refractivity contribution is 9.09. The lowest BCUT2D eigenvalue weighted by Gasteiger charge is -2.24. The third-order valence-electron chi connectivity index (χ3n) is 2.80. The van der Waals surface area contributed by atoms with Crippen LogP contribution in [0.4, 0.5) is 5.82 Å². The van der Waals surface area contributed by atoms with Gasteiger partial charge in [0.15, 0.2) is 5.65 Å². The fraction of sp³-hybridized carbons (Fsp3) is 0.500. The van der Waals surface area contributed by atoms with E-state index in [2.05, 4.69) is 38.0 Å². The number of hydrogen-bond acceptors (Lipinski definition) is 4. The third-order valence-corrected chi connectivity index (χ3v) is 3.74. The minimum absolute atomic E-state index is 0.257. The van der Waals surface area contributed by atoms with E-state index >= 15 is 0 Å². The van der Waals surface area contributed by atoms with Crippen LogP contribution in [-0.4, -0.2) is 38.0 Å². The van der Waals surface area contributed by atoms with Crippen molar-refractivity contribution in [2.24, 2.45) is 0 Å². The molecule has 2 rings (SSSR count).